The van der Waals surface area contributed by atoms with Gasteiger partial charge in [-0.05, 0) is 25.1 Å². The summed E-state index contributed by atoms with van der Waals surface area (Å²) in [6.07, 6.45) is 0.782. The summed E-state index contributed by atoms with van der Waals surface area (Å²) in [5, 5.41) is 11.5. The van der Waals surface area contributed by atoms with Crippen molar-refractivity contribution in [2.45, 2.75) is 13.3 Å². The van der Waals surface area contributed by atoms with Crippen LogP contribution in [0.3, 0.4) is 0 Å². The minimum Gasteiger partial charge on any atom is -0.480 e. The van der Waals surface area contributed by atoms with Crippen molar-refractivity contribution < 1.29 is 24.2 Å². The lowest BCUT2D eigenvalue weighted by atomic mass is 10.2. The molecule has 1 aliphatic heterocycles. The molecule has 1 aromatic carbocycles. The Labute approximate surface area is 122 Å². The molecule has 21 heavy (non-hydrogen) atoms. The number of nitrogens with zero attached hydrogens (tertiary/aromatic N) is 1. The standard InChI is InChI=1S/C14H18N2O5/c1-2-5-16(8-14(18)19)7-13(17)15-10-3-4-11-12(6-10)21-9-20-11/h3-4,6H,2,5,7-9H2,1H3,(H,15,17)(H,18,19). The number of aliphatic carboxylic acids is 1. The summed E-state index contributed by atoms with van der Waals surface area (Å²) in [6.45, 7) is 2.55. The van der Waals surface area contributed by atoms with Crippen LogP contribution in [0.2, 0.25) is 0 Å². The van der Waals surface area contributed by atoms with Crippen LogP contribution >= 0.6 is 0 Å². The van der Waals surface area contributed by atoms with Gasteiger partial charge in [-0.3, -0.25) is 14.5 Å². The number of amides is 1. The number of anilines is 1. The van der Waals surface area contributed by atoms with Crippen LogP contribution < -0.4 is 14.8 Å². The Morgan fingerprint density at radius 1 is 1.29 bits per heavy atom. The third-order valence-corrected chi connectivity index (χ3v) is 2.92. The van der Waals surface area contributed by atoms with Gasteiger partial charge >= 0.3 is 5.97 Å². The molecule has 0 spiro atoms. The number of carboxylic acid groups (broad SMARTS) is 1. The van der Waals surface area contributed by atoms with Gasteiger partial charge in [-0.2, -0.15) is 0 Å². The molecule has 0 radical (unpaired) electrons. The Hall–Kier alpha value is -2.28. The number of fused-ring (bicyclic) bond motifs is 1. The number of carbonyl (C=O) groups excluding carboxylic acids is 1. The van der Waals surface area contributed by atoms with Crippen LogP contribution in [0.25, 0.3) is 0 Å². The molecule has 0 unspecified atom stereocenters. The molecule has 0 saturated carbocycles. The highest BCUT2D eigenvalue weighted by atomic mass is 16.7. The second kappa shape index (κ2) is 6.94. The fourth-order valence-corrected chi connectivity index (χ4v) is 2.10. The number of ether oxygens (including phenoxy) is 2. The first-order valence-electron chi connectivity index (χ1n) is 6.72. The Morgan fingerprint density at radius 3 is 2.76 bits per heavy atom. The van der Waals surface area contributed by atoms with Gasteiger partial charge in [0.15, 0.2) is 11.5 Å². The zero-order chi connectivity index (χ0) is 15.2. The molecule has 0 bridgehead atoms. The smallest absolute Gasteiger partial charge is 0.317 e. The number of nitrogens with one attached hydrogen (secondary N) is 1. The summed E-state index contributed by atoms with van der Waals surface area (Å²) >= 11 is 0. The van der Waals surface area contributed by atoms with E-state index >= 15 is 0 Å². The van der Waals surface area contributed by atoms with Crippen molar-refractivity contribution in [2.75, 3.05) is 31.7 Å². The van der Waals surface area contributed by atoms with Crippen LogP contribution in [-0.4, -0.2) is 48.3 Å². The lowest BCUT2D eigenvalue weighted by Gasteiger charge is -2.18. The number of rotatable bonds is 7. The van der Waals surface area contributed by atoms with Crippen molar-refractivity contribution >= 4 is 17.6 Å². The summed E-state index contributed by atoms with van der Waals surface area (Å²) in [7, 11) is 0. The highest BCUT2D eigenvalue weighted by Crippen LogP contribution is 2.34. The van der Waals surface area contributed by atoms with Crippen molar-refractivity contribution in [1.29, 1.82) is 0 Å². The maximum atomic E-state index is 12.0. The first-order valence-corrected chi connectivity index (χ1v) is 6.72. The molecule has 114 valence electrons. The van der Waals surface area contributed by atoms with Crippen LogP contribution in [-0.2, 0) is 9.59 Å². The van der Waals surface area contributed by atoms with Crippen molar-refractivity contribution in [3.63, 3.8) is 0 Å². The predicted octanol–water partition coefficient (Wildman–Crippen LogP) is 1.15. The average Bonchev–Trinajstić information content (AvgIpc) is 2.85. The second-order valence-electron chi connectivity index (χ2n) is 4.72. The number of carbonyl (C=O) groups is 2. The van der Waals surface area contributed by atoms with Crippen molar-refractivity contribution in [2.24, 2.45) is 0 Å². The topological polar surface area (TPSA) is 88.1 Å². The molecule has 0 fully saturated rings. The summed E-state index contributed by atoms with van der Waals surface area (Å²) in [4.78, 5) is 24.3. The summed E-state index contributed by atoms with van der Waals surface area (Å²) in [6, 6.07) is 5.12. The normalized spacial score (nSPS) is 12.5. The Bertz CT molecular complexity index is 532. The minimum atomic E-state index is -0.945. The zero-order valence-corrected chi connectivity index (χ0v) is 11.8. The van der Waals surface area contributed by atoms with Gasteiger partial charge in [-0.15, -0.1) is 0 Å². The molecule has 1 amide bonds. The third kappa shape index (κ3) is 4.35. The molecule has 0 aliphatic carbocycles. The van der Waals surface area contributed by atoms with E-state index in [-0.39, 0.29) is 25.8 Å². The fraction of sp³-hybridized carbons (Fsp3) is 0.429. The van der Waals surface area contributed by atoms with E-state index in [4.69, 9.17) is 14.6 Å². The van der Waals surface area contributed by atoms with Crippen molar-refractivity contribution in [1.82, 2.24) is 4.90 Å². The molecule has 1 heterocycles. The Kier molecular flexibility index (Phi) is 4.99. The molecule has 0 atom stereocenters. The molecule has 0 saturated heterocycles. The largest absolute Gasteiger partial charge is 0.480 e. The minimum absolute atomic E-state index is 0.0363. The monoisotopic (exact) mass is 294 g/mol. The molecule has 2 N–H and O–H groups in total. The lowest BCUT2D eigenvalue weighted by Crippen LogP contribution is -2.37. The molecule has 7 nitrogen and oxygen atoms in total. The van der Waals surface area contributed by atoms with E-state index < -0.39 is 5.97 Å². The highest BCUT2D eigenvalue weighted by Gasteiger charge is 2.16. The number of carboxylic acids is 1. The molecule has 1 aliphatic rings. The third-order valence-electron chi connectivity index (χ3n) is 2.92. The average molecular weight is 294 g/mol. The predicted molar refractivity (Wildman–Crippen MR) is 75.6 cm³/mol. The van der Waals surface area contributed by atoms with E-state index in [0.29, 0.717) is 23.7 Å². The maximum absolute atomic E-state index is 12.0. The molecular formula is C14H18N2O5. The van der Waals surface area contributed by atoms with E-state index in [1.807, 2.05) is 6.92 Å². The Morgan fingerprint density at radius 2 is 2.05 bits per heavy atom. The van der Waals surface area contributed by atoms with Crippen LogP contribution in [0.1, 0.15) is 13.3 Å². The van der Waals surface area contributed by atoms with Gasteiger partial charge in [-0.1, -0.05) is 6.92 Å². The second-order valence-corrected chi connectivity index (χ2v) is 4.72. The quantitative estimate of drug-likeness (QED) is 0.784. The van der Waals surface area contributed by atoms with Gasteiger partial charge in [0.25, 0.3) is 0 Å². The highest BCUT2D eigenvalue weighted by molar-refractivity contribution is 5.92. The molecule has 2 rings (SSSR count). The van der Waals surface area contributed by atoms with Crippen molar-refractivity contribution in [3.8, 4) is 11.5 Å². The Balaban J connectivity index is 1.92. The fourth-order valence-electron chi connectivity index (χ4n) is 2.10. The van der Waals surface area contributed by atoms with Gasteiger partial charge < -0.3 is 19.9 Å². The zero-order valence-electron chi connectivity index (χ0n) is 11.8. The van der Waals surface area contributed by atoms with Gasteiger partial charge in [0.05, 0.1) is 13.1 Å². The van der Waals surface area contributed by atoms with E-state index in [2.05, 4.69) is 5.32 Å². The summed E-state index contributed by atoms with van der Waals surface area (Å²) < 4.78 is 10.4. The summed E-state index contributed by atoms with van der Waals surface area (Å²) in [5.41, 5.74) is 0.594. The number of hydrogen-bond donors (Lipinski definition) is 2. The molecule has 0 aromatic heterocycles. The molecule has 7 heteroatoms. The molecule has 1 aromatic rings. The van der Waals surface area contributed by atoms with Gasteiger partial charge in [0.1, 0.15) is 0 Å². The first-order chi connectivity index (χ1) is 10.1. The summed E-state index contributed by atoms with van der Waals surface area (Å²) in [5.74, 6) is 0.0260. The first kappa shape index (κ1) is 15.1. The van der Waals surface area contributed by atoms with Crippen LogP contribution in [0, 0.1) is 0 Å². The maximum Gasteiger partial charge on any atom is 0.317 e. The van der Waals surface area contributed by atoms with Crippen molar-refractivity contribution in [3.05, 3.63) is 18.2 Å². The van der Waals surface area contributed by atoms with Gasteiger partial charge in [0.2, 0.25) is 12.7 Å². The SMILES string of the molecule is CCCN(CC(=O)O)CC(=O)Nc1ccc2c(c1)OCO2. The van der Waals surface area contributed by atoms with Gasteiger partial charge in [-0.25, -0.2) is 0 Å². The van der Waals surface area contributed by atoms with Crippen LogP contribution in [0.4, 0.5) is 5.69 Å². The van der Waals surface area contributed by atoms with Crippen LogP contribution in [0.15, 0.2) is 18.2 Å². The van der Waals surface area contributed by atoms with E-state index in [0.717, 1.165) is 6.42 Å². The van der Waals surface area contributed by atoms with Crippen LogP contribution in [0.5, 0.6) is 11.5 Å². The lowest BCUT2D eigenvalue weighted by molar-refractivity contribution is -0.138. The van der Waals surface area contributed by atoms with E-state index in [1.165, 1.54) is 0 Å². The van der Waals surface area contributed by atoms with E-state index in [1.54, 1.807) is 23.1 Å². The number of hydrogen-bond acceptors (Lipinski definition) is 5. The van der Waals surface area contributed by atoms with Gasteiger partial charge in [0, 0.05) is 11.8 Å². The van der Waals surface area contributed by atoms with E-state index in [9.17, 15) is 9.59 Å². The molecular weight excluding hydrogens is 276 g/mol. The number of benzene rings is 1.